The van der Waals surface area contributed by atoms with Crippen LogP contribution in [0.2, 0.25) is 0 Å². The van der Waals surface area contributed by atoms with Crippen molar-refractivity contribution in [2.75, 3.05) is 13.1 Å². The fraction of sp³-hybridized carbons (Fsp3) is 0.474. The van der Waals surface area contributed by atoms with E-state index in [0.717, 1.165) is 19.5 Å². The van der Waals surface area contributed by atoms with Gasteiger partial charge in [0, 0.05) is 18.1 Å². The molecule has 114 valence electrons. The number of hydrogen-bond donors (Lipinski definition) is 2. The zero-order chi connectivity index (χ0) is 15.3. The predicted octanol–water partition coefficient (Wildman–Crippen LogP) is 3.75. The van der Waals surface area contributed by atoms with Crippen LogP contribution in [0.1, 0.15) is 33.3 Å². The van der Waals surface area contributed by atoms with Crippen molar-refractivity contribution in [3.05, 3.63) is 48.0 Å². The summed E-state index contributed by atoms with van der Waals surface area (Å²) in [5, 5.41) is 9.85. The summed E-state index contributed by atoms with van der Waals surface area (Å²) in [6, 6.07) is 15.7. The minimum absolute atomic E-state index is 0.186. The average Bonchev–Trinajstić information content (AvgIpc) is 2.45. The zero-order valence-corrected chi connectivity index (χ0v) is 13.7. The summed E-state index contributed by atoms with van der Waals surface area (Å²) in [6.45, 7) is 10.9. The van der Waals surface area contributed by atoms with Crippen molar-refractivity contribution in [1.29, 1.82) is 0 Å². The van der Waals surface area contributed by atoms with Crippen LogP contribution < -0.4 is 10.6 Å². The predicted molar refractivity (Wildman–Crippen MR) is 92.9 cm³/mol. The molecule has 2 rings (SSSR count). The Balaban J connectivity index is 1.85. The third kappa shape index (κ3) is 5.14. The van der Waals surface area contributed by atoms with Crippen LogP contribution >= 0.6 is 0 Å². The summed E-state index contributed by atoms with van der Waals surface area (Å²) in [7, 11) is 0. The van der Waals surface area contributed by atoms with Gasteiger partial charge in [0.05, 0.1) is 0 Å². The van der Waals surface area contributed by atoms with Gasteiger partial charge in [-0.05, 0) is 57.0 Å². The van der Waals surface area contributed by atoms with Crippen molar-refractivity contribution in [1.82, 2.24) is 10.6 Å². The Bertz CT molecular complexity index is 564. The zero-order valence-electron chi connectivity index (χ0n) is 13.7. The summed E-state index contributed by atoms with van der Waals surface area (Å²) < 4.78 is 0. The third-order valence-electron chi connectivity index (χ3n) is 3.71. The van der Waals surface area contributed by atoms with Gasteiger partial charge in [0.25, 0.3) is 0 Å². The largest absolute Gasteiger partial charge is 0.313 e. The van der Waals surface area contributed by atoms with Crippen molar-refractivity contribution >= 4 is 10.8 Å². The Hall–Kier alpha value is -1.38. The molecule has 2 heteroatoms. The molecule has 0 aromatic heterocycles. The lowest BCUT2D eigenvalue weighted by atomic mass is 10.0. The van der Waals surface area contributed by atoms with E-state index in [2.05, 4.69) is 80.8 Å². The summed E-state index contributed by atoms with van der Waals surface area (Å²) in [5.41, 5.74) is 1.61. The van der Waals surface area contributed by atoms with Crippen LogP contribution in [-0.2, 0) is 6.42 Å². The quantitative estimate of drug-likeness (QED) is 0.844. The second-order valence-electron chi connectivity index (χ2n) is 6.87. The van der Waals surface area contributed by atoms with E-state index in [-0.39, 0.29) is 5.54 Å². The molecule has 0 saturated carbocycles. The first-order valence-electron chi connectivity index (χ1n) is 7.91. The number of benzene rings is 2. The van der Waals surface area contributed by atoms with E-state index in [1.165, 1.54) is 16.3 Å². The molecule has 0 aliphatic rings. The molecule has 0 saturated heterocycles. The van der Waals surface area contributed by atoms with Crippen molar-refractivity contribution < 1.29 is 0 Å². The molecule has 1 atom stereocenters. The van der Waals surface area contributed by atoms with Crippen LogP contribution in [0, 0.1) is 0 Å². The van der Waals surface area contributed by atoms with E-state index >= 15 is 0 Å². The summed E-state index contributed by atoms with van der Waals surface area (Å²) in [6.07, 6.45) is 1.07. The minimum atomic E-state index is 0.186. The Labute approximate surface area is 128 Å². The first-order valence-corrected chi connectivity index (χ1v) is 7.91. The van der Waals surface area contributed by atoms with Gasteiger partial charge in [-0.2, -0.15) is 0 Å². The average molecular weight is 284 g/mol. The first kappa shape index (κ1) is 16.0. The maximum Gasteiger partial charge on any atom is 0.0164 e. The van der Waals surface area contributed by atoms with E-state index < -0.39 is 0 Å². The van der Waals surface area contributed by atoms with E-state index in [4.69, 9.17) is 0 Å². The molecule has 0 spiro atoms. The van der Waals surface area contributed by atoms with Gasteiger partial charge >= 0.3 is 0 Å². The van der Waals surface area contributed by atoms with Crippen LogP contribution in [-0.4, -0.2) is 24.7 Å². The van der Waals surface area contributed by atoms with Crippen molar-refractivity contribution in [3.63, 3.8) is 0 Å². The minimum Gasteiger partial charge on any atom is -0.313 e. The second kappa shape index (κ2) is 7.06. The SMILES string of the molecule is CC(CNC(C)(C)C)NCCc1cccc2ccccc12. The van der Waals surface area contributed by atoms with Crippen molar-refractivity contribution in [3.8, 4) is 0 Å². The van der Waals surface area contributed by atoms with E-state index in [9.17, 15) is 0 Å². The molecule has 2 nitrogen and oxygen atoms in total. The van der Waals surface area contributed by atoms with Gasteiger partial charge in [-0.3, -0.25) is 0 Å². The smallest absolute Gasteiger partial charge is 0.0164 e. The highest BCUT2D eigenvalue weighted by Gasteiger charge is 2.10. The summed E-state index contributed by atoms with van der Waals surface area (Å²) in [5.74, 6) is 0. The Morgan fingerprint density at radius 2 is 1.71 bits per heavy atom. The Morgan fingerprint density at radius 1 is 1.00 bits per heavy atom. The van der Waals surface area contributed by atoms with E-state index in [0.29, 0.717) is 6.04 Å². The molecule has 2 N–H and O–H groups in total. The topological polar surface area (TPSA) is 24.1 Å². The molecule has 21 heavy (non-hydrogen) atoms. The third-order valence-corrected chi connectivity index (χ3v) is 3.71. The van der Waals surface area contributed by atoms with Crippen LogP contribution in [0.4, 0.5) is 0 Å². The normalized spacial score (nSPS) is 13.5. The van der Waals surface area contributed by atoms with Gasteiger partial charge in [-0.25, -0.2) is 0 Å². The first-order chi connectivity index (χ1) is 9.96. The van der Waals surface area contributed by atoms with Crippen LogP contribution in [0.5, 0.6) is 0 Å². The molecule has 0 fully saturated rings. The monoisotopic (exact) mass is 284 g/mol. The molecule has 0 aliphatic heterocycles. The maximum absolute atomic E-state index is 3.61. The number of hydrogen-bond acceptors (Lipinski definition) is 2. The van der Waals surface area contributed by atoms with Gasteiger partial charge in [0.1, 0.15) is 0 Å². The van der Waals surface area contributed by atoms with Crippen LogP contribution in [0.15, 0.2) is 42.5 Å². The lowest BCUT2D eigenvalue weighted by molar-refractivity contribution is 0.389. The fourth-order valence-corrected chi connectivity index (χ4v) is 2.50. The van der Waals surface area contributed by atoms with E-state index in [1.54, 1.807) is 0 Å². The molecule has 0 aliphatic carbocycles. The summed E-state index contributed by atoms with van der Waals surface area (Å²) >= 11 is 0. The van der Waals surface area contributed by atoms with Crippen LogP contribution in [0.3, 0.4) is 0 Å². The molecule has 0 amide bonds. The molecular weight excluding hydrogens is 256 g/mol. The van der Waals surface area contributed by atoms with Crippen molar-refractivity contribution in [2.45, 2.75) is 45.7 Å². The number of fused-ring (bicyclic) bond motifs is 1. The van der Waals surface area contributed by atoms with Crippen molar-refractivity contribution in [2.24, 2.45) is 0 Å². The van der Waals surface area contributed by atoms with Gasteiger partial charge in [0.2, 0.25) is 0 Å². The molecule has 0 radical (unpaired) electrons. The Morgan fingerprint density at radius 3 is 2.48 bits per heavy atom. The fourth-order valence-electron chi connectivity index (χ4n) is 2.50. The standard InChI is InChI=1S/C19H28N2/c1-15(14-21-19(2,3)4)20-13-12-17-10-7-9-16-8-5-6-11-18(16)17/h5-11,15,20-21H,12-14H2,1-4H3. The summed E-state index contributed by atoms with van der Waals surface area (Å²) in [4.78, 5) is 0. The molecule has 2 aromatic rings. The molecular formula is C19H28N2. The van der Waals surface area contributed by atoms with Gasteiger partial charge in [-0.1, -0.05) is 42.5 Å². The van der Waals surface area contributed by atoms with E-state index in [1.807, 2.05) is 0 Å². The van der Waals surface area contributed by atoms with Crippen LogP contribution in [0.25, 0.3) is 10.8 Å². The van der Waals surface area contributed by atoms with Gasteiger partial charge in [-0.15, -0.1) is 0 Å². The number of nitrogens with one attached hydrogen (secondary N) is 2. The molecule has 0 bridgehead atoms. The lowest BCUT2D eigenvalue weighted by Crippen LogP contribution is -2.44. The highest BCUT2D eigenvalue weighted by Crippen LogP contribution is 2.18. The molecule has 2 aromatic carbocycles. The second-order valence-corrected chi connectivity index (χ2v) is 6.87. The van der Waals surface area contributed by atoms with Gasteiger partial charge < -0.3 is 10.6 Å². The lowest BCUT2D eigenvalue weighted by Gasteiger charge is -2.24. The Kier molecular flexibility index (Phi) is 5.38. The highest BCUT2D eigenvalue weighted by atomic mass is 15.0. The maximum atomic E-state index is 3.61. The molecule has 0 heterocycles. The number of rotatable bonds is 6. The van der Waals surface area contributed by atoms with Gasteiger partial charge in [0.15, 0.2) is 0 Å². The molecule has 1 unspecified atom stereocenters. The highest BCUT2D eigenvalue weighted by molar-refractivity contribution is 5.85.